The normalized spacial score (nSPS) is 16.6. The van der Waals surface area contributed by atoms with Crippen molar-refractivity contribution in [3.8, 4) is 23.0 Å². The summed E-state index contributed by atoms with van der Waals surface area (Å²) in [5, 5.41) is 15.4. The summed E-state index contributed by atoms with van der Waals surface area (Å²) in [6.07, 6.45) is 9.84. The van der Waals surface area contributed by atoms with E-state index in [0.717, 1.165) is 181 Å². The van der Waals surface area contributed by atoms with Crippen molar-refractivity contribution in [3.05, 3.63) is 155 Å². The number of fused-ring (bicyclic) bond motifs is 18. The number of benzene rings is 8. The van der Waals surface area contributed by atoms with Crippen molar-refractivity contribution in [1.29, 1.82) is 0 Å². The lowest BCUT2D eigenvalue weighted by molar-refractivity contribution is 0.144. The molecule has 6 heterocycles. The summed E-state index contributed by atoms with van der Waals surface area (Å²) in [4.78, 5) is 29.6. The van der Waals surface area contributed by atoms with E-state index in [1.165, 1.54) is 0 Å². The number of hydrogen-bond donors (Lipinski definition) is 1. The predicted octanol–water partition coefficient (Wildman–Crippen LogP) is 16.4. The monoisotopic (exact) mass is 1180 g/mol. The van der Waals surface area contributed by atoms with E-state index in [0.29, 0.717) is 85.5 Å². The van der Waals surface area contributed by atoms with Gasteiger partial charge in [0.15, 0.2) is 17.5 Å². The van der Waals surface area contributed by atoms with Gasteiger partial charge in [-0.2, -0.15) is 0 Å². The van der Waals surface area contributed by atoms with E-state index in [1.54, 1.807) is 0 Å². The molecule has 14 nitrogen and oxygen atoms in total. The number of hydrogen-bond acceptors (Lipinski definition) is 12. The smallest absolute Gasteiger partial charge is 0.492 e. The number of aromatic nitrogens is 2. The first-order chi connectivity index (χ1) is 42.9. The van der Waals surface area contributed by atoms with Crippen LogP contribution in [0.15, 0.2) is 146 Å². The van der Waals surface area contributed by atoms with Crippen molar-refractivity contribution >= 4 is 103 Å². The van der Waals surface area contributed by atoms with Crippen LogP contribution in [0.3, 0.4) is 0 Å². The third-order valence-electron chi connectivity index (χ3n) is 17.3. The topological polar surface area (TPSA) is 139 Å². The highest BCUT2D eigenvalue weighted by atomic mass is 28.4. The molecule has 10 aromatic rings. The molecule has 14 rings (SSSR count). The molecule has 0 aliphatic carbocycles. The fourth-order valence-corrected chi connectivity index (χ4v) is 16.2. The van der Waals surface area contributed by atoms with Gasteiger partial charge in [0.1, 0.15) is 51.8 Å². The first-order valence-electron chi connectivity index (χ1n) is 32.0. The van der Waals surface area contributed by atoms with Gasteiger partial charge in [0.05, 0.1) is 48.3 Å². The molecule has 0 fully saturated rings. The molecule has 1 atom stereocenters. The molecule has 15 heteroatoms. The lowest BCUT2D eigenvalue weighted by atomic mass is 9.98. The molecule has 0 unspecified atom stereocenters. The number of aliphatic imine (C=N–C) groups is 3. The Labute approximate surface area is 508 Å². The number of unbranched alkanes of at least 4 members (excludes halogenated alkanes) is 6. The van der Waals surface area contributed by atoms with E-state index in [2.05, 4.69) is 177 Å². The fraction of sp³-hybridized carbons (Fsp3) is 0.347. The Morgan fingerprint density at radius 3 is 1.44 bits per heavy atom. The second kappa shape index (κ2) is 24.1. The number of nitrogens with one attached hydrogen (secondary N) is 1. The van der Waals surface area contributed by atoms with Gasteiger partial charge in [-0.15, -0.1) is 0 Å². The SMILES string of the molecule is CCCCOc1c2c(cc3ccccc13)[C@H]1N=C2/N=c2/c3cc4ccccc4c(OCCCC)c3/c3n2[Si](OCCCC)(OCCCC)n2c(c4cc5ccccc5c(OCCCC)c4c2N1)/N=C1N=C(/N=3)c2cc3ccccc3c(OCCCC)c2\1. The lowest BCUT2D eigenvalue weighted by Crippen LogP contribution is -2.64. The minimum Gasteiger partial charge on any atom is -0.492 e. The molecule has 0 radical (unpaired) electrons. The molecule has 2 aromatic heterocycles. The van der Waals surface area contributed by atoms with Crippen LogP contribution in [0.5, 0.6) is 23.0 Å². The minimum absolute atomic E-state index is 0.350. The molecule has 0 saturated heterocycles. The second-order valence-corrected chi connectivity index (χ2v) is 25.9. The first-order valence-corrected chi connectivity index (χ1v) is 33.7. The molecule has 0 amide bonds. The van der Waals surface area contributed by atoms with Gasteiger partial charge in [0, 0.05) is 56.7 Å². The third-order valence-corrected chi connectivity index (χ3v) is 20.5. The van der Waals surface area contributed by atoms with Crippen molar-refractivity contribution in [2.45, 2.75) is 125 Å². The fourth-order valence-electron chi connectivity index (χ4n) is 12.8. The van der Waals surface area contributed by atoms with Crippen LogP contribution in [-0.4, -0.2) is 74.5 Å². The van der Waals surface area contributed by atoms with Crippen LogP contribution in [-0.2, 0) is 8.85 Å². The Kier molecular flexibility index (Phi) is 15.6. The lowest BCUT2D eigenvalue weighted by Gasteiger charge is -2.34. The quantitative estimate of drug-likeness (QED) is 0.0469. The van der Waals surface area contributed by atoms with E-state index in [4.69, 9.17) is 52.8 Å². The van der Waals surface area contributed by atoms with Crippen molar-refractivity contribution in [1.82, 2.24) is 8.47 Å². The molecule has 4 aliphatic heterocycles. The summed E-state index contributed by atoms with van der Waals surface area (Å²) in [5.41, 5.74) is 4.45. The zero-order valence-electron chi connectivity index (χ0n) is 50.9. The molecule has 6 bridgehead atoms. The van der Waals surface area contributed by atoms with Gasteiger partial charge in [-0.3, -0.25) is 8.47 Å². The van der Waals surface area contributed by atoms with Crippen molar-refractivity contribution < 1.29 is 27.8 Å². The Morgan fingerprint density at radius 1 is 0.414 bits per heavy atom. The highest BCUT2D eigenvalue weighted by Crippen LogP contribution is 2.52. The van der Waals surface area contributed by atoms with Gasteiger partial charge in [0.25, 0.3) is 0 Å². The maximum Gasteiger partial charge on any atom is 0.603 e. The standard InChI is InChI=1S/C72H76N8O6Si/c1-7-13-35-81-61-49-31-23-19-27-45(49)41-53-57(61)67-73-65(53)75-71-60-56(44-48-30-22-26-34-52(48)64(60)84-38-16-10-4)70-78-68-58-54(42-46-28-20-24-32-50(46)62(58)82-36-14-8-2)66(74-68)76-72-59-55(43-47-29-21-25-33-51(47)63(59)83-37-15-9-3)69(77-67)79(72)87(80(70)71,85-39-17-11-5)86-40-18-12-6/h19-34,41-44,65,75H,7-18,35-40H2,1-6H3/b76-72+,77-69-,78-68-/t65-/m0/s1. The molecule has 444 valence electrons. The Balaban J connectivity index is 1.26. The van der Waals surface area contributed by atoms with Crippen molar-refractivity contribution in [2.75, 3.05) is 45.0 Å². The molecular formula is C72H76N8O6Si. The average molecular weight is 1180 g/mol. The number of anilines is 1. The van der Waals surface area contributed by atoms with Crippen LogP contribution in [0.25, 0.3) is 64.6 Å². The molecule has 0 saturated carbocycles. The predicted molar refractivity (Wildman–Crippen MR) is 355 cm³/mol. The number of amidine groups is 3. The van der Waals surface area contributed by atoms with Gasteiger partial charge >= 0.3 is 8.88 Å². The highest BCUT2D eigenvalue weighted by Gasteiger charge is 2.54. The zero-order valence-corrected chi connectivity index (χ0v) is 51.9. The summed E-state index contributed by atoms with van der Waals surface area (Å²) >= 11 is 0. The Morgan fingerprint density at radius 2 is 0.874 bits per heavy atom. The second-order valence-electron chi connectivity index (χ2n) is 23.3. The summed E-state index contributed by atoms with van der Waals surface area (Å²) in [7, 11) is -4.54. The maximum atomic E-state index is 8.07. The maximum absolute atomic E-state index is 8.07. The average Bonchev–Trinajstić information content (AvgIpc) is 1.56. The van der Waals surface area contributed by atoms with Gasteiger partial charge < -0.3 is 33.1 Å². The minimum atomic E-state index is -4.54. The van der Waals surface area contributed by atoms with E-state index in [9.17, 15) is 0 Å². The molecule has 4 aliphatic rings. The summed E-state index contributed by atoms with van der Waals surface area (Å²) in [5.74, 6) is 5.64. The summed E-state index contributed by atoms with van der Waals surface area (Å²) < 4.78 is 49.4. The third kappa shape index (κ3) is 9.55. The van der Waals surface area contributed by atoms with Crippen LogP contribution in [0.2, 0.25) is 0 Å². The first kappa shape index (κ1) is 56.4. The van der Waals surface area contributed by atoms with Gasteiger partial charge in [0.2, 0.25) is 0 Å². The van der Waals surface area contributed by atoms with Crippen molar-refractivity contribution in [3.63, 3.8) is 0 Å². The van der Waals surface area contributed by atoms with Gasteiger partial charge in [-0.25, -0.2) is 25.0 Å². The summed E-state index contributed by atoms with van der Waals surface area (Å²) in [6.45, 7) is 15.9. The van der Waals surface area contributed by atoms with Crippen LogP contribution in [0.1, 0.15) is 147 Å². The molecular weight excluding hydrogens is 1100 g/mol. The summed E-state index contributed by atoms with van der Waals surface area (Å²) in [6, 6.07) is 42.9. The molecule has 0 spiro atoms. The zero-order chi connectivity index (χ0) is 59.2. The van der Waals surface area contributed by atoms with Crippen molar-refractivity contribution in [2.24, 2.45) is 25.0 Å². The Hall–Kier alpha value is -8.37. The number of ether oxygens (including phenoxy) is 4. The van der Waals surface area contributed by atoms with E-state index in [-0.39, 0.29) is 0 Å². The van der Waals surface area contributed by atoms with E-state index >= 15 is 0 Å². The van der Waals surface area contributed by atoms with Crippen LogP contribution >= 0.6 is 0 Å². The Bertz CT molecular complexity index is 4570. The van der Waals surface area contributed by atoms with E-state index < -0.39 is 15.0 Å². The molecule has 8 aromatic carbocycles. The van der Waals surface area contributed by atoms with Crippen LogP contribution < -0.4 is 35.2 Å². The number of nitrogens with zero attached hydrogens (tertiary/aromatic N) is 7. The van der Waals surface area contributed by atoms with Crippen LogP contribution in [0, 0.1) is 0 Å². The highest BCUT2D eigenvalue weighted by molar-refractivity contribution is 6.66. The molecule has 87 heavy (non-hydrogen) atoms. The van der Waals surface area contributed by atoms with Gasteiger partial charge in [-0.05, 0) is 84.3 Å². The largest absolute Gasteiger partial charge is 0.603 e. The van der Waals surface area contributed by atoms with Crippen LogP contribution in [0.4, 0.5) is 11.6 Å². The number of rotatable bonds is 24. The van der Waals surface area contributed by atoms with Gasteiger partial charge in [-0.1, -0.05) is 177 Å². The van der Waals surface area contributed by atoms with E-state index in [1.807, 2.05) is 0 Å². The molecule has 1 N–H and O–H groups in total.